The summed E-state index contributed by atoms with van der Waals surface area (Å²) in [7, 11) is 0. The lowest BCUT2D eigenvalue weighted by atomic mass is 10.1. The molecule has 2 N–H and O–H groups in total. The minimum Gasteiger partial charge on any atom is -0.476 e. The zero-order chi connectivity index (χ0) is 14.0. The normalized spacial score (nSPS) is 10.1. The van der Waals surface area contributed by atoms with E-state index in [4.69, 9.17) is 5.11 Å². The van der Waals surface area contributed by atoms with E-state index in [0.717, 1.165) is 6.07 Å². The number of carboxylic acids is 1. The lowest BCUT2D eigenvalue weighted by Gasteiger charge is -2.00. The first-order valence-corrected chi connectivity index (χ1v) is 4.95. The number of carboxylic acid groups (broad SMARTS) is 1. The number of carbonyl (C=O) groups is 2. The third-order valence-corrected chi connectivity index (χ3v) is 2.32. The summed E-state index contributed by atoms with van der Waals surface area (Å²) in [6.45, 7) is 0. The second-order valence-corrected chi connectivity index (χ2v) is 3.44. The van der Waals surface area contributed by atoms with Gasteiger partial charge >= 0.3 is 5.97 Å². The molecule has 19 heavy (non-hydrogen) atoms. The molecular formula is C10H6N4O5. The molecule has 0 aliphatic rings. The van der Waals surface area contributed by atoms with Crippen LogP contribution in [0.5, 0.6) is 0 Å². The Bertz CT molecular complexity index is 678. The van der Waals surface area contributed by atoms with Gasteiger partial charge in [-0.25, -0.2) is 4.79 Å². The lowest BCUT2D eigenvalue weighted by molar-refractivity contribution is -0.385. The number of aromatic nitrogens is 3. The summed E-state index contributed by atoms with van der Waals surface area (Å²) >= 11 is 0. The number of H-pyrrole nitrogens is 1. The number of nitro groups is 1. The Hall–Kier alpha value is -3.10. The molecule has 0 aliphatic heterocycles. The smallest absolute Gasteiger partial charge is 0.356 e. The minimum absolute atomic E-state index is 0.246. The van der Waals surface area contributed by atoms with E-state index >= 15 is 0 Å². The standard InChI is InChI=1S/C10H6N4O5/c15-9(7-8(10(16)17)12-13-11-7)5-3-1-2-4-6(5)14(18)19/h1-4H,(H,16,17)(H,11,12,13). The van der Waals surface area contributed by atoms with Gasteiger partial charge in [0.15, 0.2) is 11.4 Å². The number of hydrogen-bond donors (Lipinski definition) is 2. The average molecular weight is 262 g/mol. The zero-order valence-electron chi connectivity index (χ0n) is 9.23. The third kappa shape index (κ3) is 2.16. The molecule has 0 unspecified atom stereocenters. The van der Waals surface area contributed by atoms with Gasteiger partial charge in [-0.05, 0) is 6.07 Å². The molecule has 9 nitrogen and oxygen atoms in total. The highest BCUT2D eigenvalue weighted by molar-refractivity contribution is 6.14. The van der Waals surface area contributed by atoms with Crippen LogP contribution in [-0.4, -0.2) is 37.2 Å². The Morgan fingerprint density at radius 1 is 1.32 bits per heavy atom. The Morgan fingerprint density at radius 3 is 2.63 bits per heavy atom. The van der Waals surface area contributed by atoms with Gasteiger partial charge in [-0.3, -0.25) is 20.0 Å². The molecule has 1 aromatic heterocycles. The number of benzene rings is 1. The van der Waals surface area contributed by atoms with Crippen molar-refractivity contribution in [3.05, 3.63) is 51.3 Å². The van der Waals surface area contributed by atoms with Gasteiger partial charge in [0.2, 0.25) is 5.78 Å². The molecule has 0 fully saturated rings. The fourth-order valence-electron chi connectivity index (χ4n) is 1.49. The molecule has 0 aliphatic carbocycles. The van der Waals surface area contributed by atoms with Gasteiger partial charge in [0, 0.05) is 6.07 Å². The first kappa shape index (κ1) is 12.4. The fourth-order valence-corrected chi connectivity index (χ4v) is 1.49. The molecule has 0 spiro atoms. The van der Waals surface area contributed by atoms with Crippen molar-refractivity contribution in [2.45, 2.75) is 0 Å². The first-order valence-electron chi connectivity index (χ1n) is 4.95. The largest absolute Gasteiger partial charge is 0.476 e. The Labute approximate surface area is 105 Å². The van der Waals surface area contributed by atoms with E-state index in [1.165, 1.54) is 18.2 Å². The van der Waals surface area contributed by atoms with Crippen LogP contribution in [-0.2, 0) is 0 Å². The van der Waals surface area contributed by atoms with Crippen molar-refractivity contribution in [2.75, 3.05) is 0 Å². The quantitative estimate of drug-likeness (QED) is 0.468. The highest BCUT2D eigenvalue weighted by Gasteiger charge is 2.27. The Balaban J connectivity index is 2.54. The summed E-state index contributed by atoms with van der Waals surface area (Å²) in [4.78, 5) is 33.0. The maximum Gasteiger partial charge on any atom is 0.356 e. The van der Waals surface area contributed by atoms with Gasteiger partial charge in [-0.2, -0.15) is 0 Å². The van der Waals surface area contributed by atoms with Crippen LogP contribution in [0.25, 0.3) is 0 Å². The van der Waals surface area contributed by atoms with E-state index in [0.29, 0.717) is 0 Å². The zero-order valence-corrected chi connectivity index (χ0v) is 9.23. The number of aromatic amines is 1. The van der Waals surface area contributed by atoms with Crippen molar-refractivity contribution in [1.82, 2.24) is 15.4 Å². The van der Waals surface area contributed by atoms with E-state index in [2.05, 4.69) is 15.4 Å². The van der Waals surface area contributed by atoms with Gasteiger partial charge in [-0.15, -0.1) is 5.10 Å². The lowest BCUT2D eigenvalue weighted by Crippen LogP contribution is -2.11. The maximum atomic E-state index is 12.1. The van der Waals surface area contributed by atoms with Crippen LogP contribution in [0.3, 0.4) is 0 Å². The number of aromatic carboxylic acids is 1. The summed E-state index contributed by atoms with van der Waals surface area (Å²) in [5.41, 5.74) is -1.65. The van der Waals surface area contributed by atoms with E-state index in [-0.39, 0.29) is 5.56 Å². The summed E-state index contributed by atoms with van der Waals surface area (Å²) in [6, 6.07) is 5.20. The molecule has 1 aromatic carbocycles. The molecular weight excluding hydrogens is 256 g/mol. The minimum atomic E-state index is -1.42. The number of rotatable bonds is 4. The van der Waals surface area contributed by atoms with Crippen LogP contribution >= 0.6 is 0 Å². The number of ketones is 1. The van der Waals surface area contributed by atoms with Gasteiger partial charge in [0.25, 0.3) is 5.69 Å². The van der Waals surface area contributed by atoms with Crippen LogP contribution in [0.4, 0.5) is 5.69 Å². The molecule has 0 atom stereocenters. The molecule has 9 heteroatoms. The molecule has 0 bridgehead atoms. The van der Waals surface area contributed by atoms with Crippen LogP contribution in [0.1, 0.15) is 26.5 Å². The number of nitrogens with zero attached hydrogens (tertiary/aromatic N) is 3. The van der Waals surface area contributed by atoms with Crippen LogP contribution < -0.4 is 0 Å². The Kier molecular flexibility index (Phi) is 3.02. The topological polar surface area (TPSA) is 139 Å². The van der Waals surface area contributed by atoms with Crippen LogP contribution in [0.15, 0.2) is 24.3 Å². The molecule has 0 amide bonds. The van der Waals surface area contributed by atoms with E-state index in [1.54, 1.807) is 0 Å². The Morgan fingerprint density at radius 2 is 2.00 bits per heavy atom. The number of hydrogen-bond acceptors (Lipinski definition) is 6. The van der Waals surface area contributed by atoms with Crippen LogP contribution in [0, 0.1) is 10.1 Å². The summed E-state index contributed by atoms with van der Waals surface area (Å²) in [6.07, 6.45) is 0. The second-order valence-electron chi connectivity index (χ2n) is 3.44. The molecule has 2 aromatic rings. The van der Waals surface area contributed by atoms with Gasteiger partial charge in [-0.1, -0.05) is 17.3 Å². The monoisotopic (exact) mass is 262 g/mol. The van der Waals surface area contributed by atoms with Gasteiger partial charge in [0.1, 0.15) is 5.56 Å². The molecule has 1 heterocycles. The summed E-state index contributed by atoms with van der Waals surface area (Å²) in [5, 5.41) is 28.3. The van der Waals surface area contributed by atoms with Crippen molar-refractivity contribution in [2.24, 2.45) is 0 Å². The first-order chi connectivity index (χ1) is 9.02. The summed E-state index contributed by atoms with van der Waals surface area (Å²) in [5.74, 6) is -2.30. The van der Waals surface area contributed by atoms with Crippen molar-refractivity contribution in [3.8, 4) is 0 Å². The van der Waals surface area contributed by atoms with Crippen molar-refractivity contribution >= 4 is 17.4 Å². The number of nitrogens with one attached hydrogen (secondary N) is 1. The molecule has 2 rings (SSSR count). The highest BCUT2D eigenvalue weighted by atomic mass is 16.6. The third-order valence-electron chi connectivity index (χ3n) is 2.32. The van der Waals surface area contributed by atoms with Gasteiger partial charge < -0.3 is 5.11 Å². The van der Waals surface area contributed by atoms with Crippen molar-refractivity contribution in [3.63, 3.8) is 0 Å². The number of para-hydroxylation sites is 1. The van der Waals surface area contributed by atoms with Crippen molar-refractivity contribution in [1.29, 1.82) is 0 Å². The maximum absolute atomic E-state index is 12.1. The average Bonchev–Trinajstić information content (AvgIpc) is 2.87. The predicted molar refractivity (Wildman–Crippen MR) is 59.9 cm³/mol. The molecule has 0 saturated carbocycles. The second kappa shape index (κ2) is 4.64. The molecule has 96 valence electrons. The number of carbonyl (C=O) groups excluding carboxylic acids is 1. The highest BCUT2D eigenvalue weighted by Crippen LogP contribution is 2.21. The van der Waals surface area contributed by atoms with E-state index in [9.17, 15) is 19.7 Å². The number of nitro benzene ring substituents is 1. The van der Waals surface area contributed by atoms with Crippen LogP contribution in [0.2, 0.25) is 0 Å². The van der Waals surface area contributed by atoms with Crippen molar-refractivity contribution < 1.29 is 19.6 Å². The summed E-state index contributed by atoms with van der Waals surface area (Å²) < 4.78 is 0. The predicted octanol–water partition coefficient (Wildman–Crippen LogP) is 0.642. The molecule has 0 saturated heterocycles. The van der Waals surface area contributed by atoms with Gasteiger partial charge in [0.05, 0.1) is 4.92 Å². The van der Waals surface area contributed by atoms with E-state index < -0.39 is 33.8 Å². The fraction of sp³-hybridized carbons (Fsp3) is 0. The SMILES string of the molecule is O=C(c1ccccc1[N+](=O)[O-])c1nn[nH]c1C(=O)O. The van der Waals surface area contributed by atoms with E-state index in [1.807, 2.05) is 0 Å². The molecule has 0 radical (unpaired) electrons.